The van der Waals surface area contributed by atoms with Gasteiger partial charge in [0.1, 0.15) is 23.9 Å². The van der Waals surface area contributed by atoms with Crippen LogP contribution in [-0.4, -0.2) is 100 Å². The van der Waals surface area contributed by atoms with Crippen molar-refractivity contribution >= 4 is 48.5 Å². The molecule has 1 aromatic rings. The van der Waals surface area contributed by atoms with Gasteiger partial charge < -0.3 is 45.2 Å². The second kappa shape index (κ2) is 15.8. The van der Waals surface area contributed by atoms with E-state index in [9.17, 15) is 29.1 Å². The molecular formula is C36H51N5O10P2. The number of carbonyl (C=O) groups excluding carboxylic acids is 4. The largest absolute Gasteiger partial charge is 0.480 e. The number of nitrogens with zero attached hydrogens (tertiary/aromatic N) is 1. The van der Waals surface area contributed by atoms with Gasteiger partial charge in [-0.1, -0.05) is 15.5 Å². The summed E-state index contributed by atoms with van der Waals surface area (Å²) in [6.45, 7) is 4.83. The molecule has 1 aromatic carbocycles. The monoisotopic (exact) mass is 775 g/mol. The van der Waals surface area contributed by atoms with Gasteiger partial charge in [0, 0.05) is 37.4 Å². The number of aliphatic carboxylic acids is 1. The lowest BCUT2D eigenvalue weighted by Gasteiger charge is -2.62. The topological polar surface area (TPSA) is 205 Å². The summed E-state index contributed by atoms with van der Waals surface area (Å²) in [7, 11) is 4.64. The van der Waals surface area contributed by atoms with Crippen molar-refractivity contribution in [2.75, 3.05) is 26.2 Å². The zero-order valence-electron chi connectivity index (χ0n) is 30.2. The van der Waals surface area contributed by atoms with E-state index in [0.717, 1.165) is 30.6 Å². The summed E-state index contributed by atoms with van der Waals surface area (Å²) in [6, 6.07) is 2.82. The summed E-state index contributed by atoms with van der Waals surface area (Å²) in [5.74, 6) is -1.74. The van der Waals surface area contributed by atoms with Crippen LogP contribution >= 0.6 is 18.9 Å². The van der Waals surface area contributed by atoms with Crippen LogP contribution in [-0.2, 0) is 40.5 Å². The molecule has 2 aliphatic heterocycles. The molecule has 1 saturated carbocycles. The molecule has 6 rings (SSSR count). The second-order valence-electron chi connectivity index (χ2n) is 15.4. The minimum Gasteiger partial charge on any atom is -0.480 e. The molecule has 1 saturated heterocycles. The van der Waals surface area contributed by atoms with Crippen LogP contribution in [0, 0.1) is 5.92 Å². The van der Waals surface area contributed by atoms with Crippen molar-refractivity contribution < 1.29 is 48.2 Å². The number of piperidine rings is 1. The third kappa shape index (κ3) is 7.78. The van der Waals surface area contributed by atoms with Gasteiger partial charge in [-0.3, -0.25) is 24.1 Å². The third-order valence-electron chi connectivity index (χ3n) is 11.4. The number of rotatable bonds is 18. The Kier molecular flexibility index (Phi) is 11.7. The number of hydrogen-bond donors (Lipinski definition) is 6. The molecule has 5 aliphatic rings. The highest BCUT2D eigenvalue weighted by Crippen LogP contribution is 2.65. The molecule has 290 valence electrons. The van der Waals surface area contributed by atoms with E-state index in [2.05, 4.69) is 44.8 Å². The fraction of sp³-hybridized carbons (Fsp3) is 0.639. The Labute approximate surface area is 313 Å². The Balaban J connectivity index is 1.10. The first-order valence-corrected chi connectivity index (χ1v) is 19.4. The third-order valence-corrected chi connectivity index (χ3v) is 11.9. The lowest BCUT2D eigenvalue weighted by Crippen LogP contribution is -2.75. The van der Waals surface area contributed by atoms with Gasteiger partial charge in [-0.2, -0.15) is 0 Å². The molecule has 0 aromatic heterocycles. The van der Waals surface area contributed by atoms with Crippen molar-refractivity contribution in [3.63, 3.8) is 0 Å². The van der Waals surface area contributed by atoms with E-state index in [1.807, 2.05) is 12.1 Å². The Morgan fingerprint density at radius 1 is 1.13 bits per heavy atom. The number of carboxylic acids is 1. The molecular weight excluding hydrogens is 724 g/mol. The smallest absolute Gasteiger partial charge is 0.336 e. The Hall–Kier alpha value is -3.35. The summed E-state index contributed by atoms with van der Waals surface area (Å²) >= 11 is 0. The van der Waals surface area contributed by atoms with Gasteiger partial charge in [0.25, 0.3) is 0 Å². The average Bonchev–Trinajstić information content (AvgIpc) is 3.86. The summed E-state index contributed by atoms with van der Waals surface area (Å²) < 4.78 is 18.3. The SMILES string of the molecule is CC(C)(NC(=O)CCC(=O)N[C@@H](CCCCNP)C(=O)NCC(=O)O)C(=O)OC1=CC[C@@]2(O)[C@H]3Cc4ccc(OP)c5c4[C@@]2(CCN3CC2CC2)[C@H]1O5. The highest BCUT2D eigenvalue weighted by atomic mass is 31.0. The van der Waals surface area contributed by atoms with Crippen LogP contribution in [0.1, 0.15) is 82.8 Å². The van der Waals surface area contributed by atoms with Crippen LogP contribution in [0.25, 0.3) is 0 Å². The van der Waals surface area contributed by atoms with Crippen molar-refractivity contribution in [2.45, 2.75) is 113 Å². The van der Waals surface area contributed by atoms with Gasteiger partial charge in [0.05, 0.1) is 20.5 Å². The van der Waals surface area contributed by atoms with Gasteiger partial charge >= 0.3 is 11.9 Å². The van der Waals surface area contributed by atoms with E-state index >= 15 is 0 Å². The first-order valence-electron chi connectivity index (χ1n) is 18.4. The van der Waals surface area contributed by atoms with E-state index in [-0.39, 0.29) is 37.5 Å². The standard InChI is InChI=1S/C36H51N5O10P2/c1-34(2,40-27(43)11-10-26(42)39-22(5-3-4-15-38-52)32(46)37-18-28(44)45)33(47)49-24-12-13-36(48)25-17-21-8-9-23(51-53)30-29(21)35(36,31(24)50-30)14-16-41(25)19-20-6-7-20/h8-9,12,20,22,25,31,38,48H,3-7,10-11,13-19,52-53H2,1-2H3,(H,37,46)(H,39,42)(H,40,43)(H,44,45)/t22-,25+,31-,35-,36+/m0/s1. The van der Waals surface area contributed by atoms with E-state index in [4.69, 9.17) is 19.1 Å². The number of likely N-dealkylation sites (tertiary alicyclic amines) is 1. The Morgan fingerprint density at radius 2 is 1.89 bits per heavy atom. The van der Waals surface area contributed by atoms with Crippen LogP contribution in [0.5, 0.6) is 11.5 Å². The zero-order chi connectivity index (χ0) is 38.1. The number of unbranched alkanes of at least 4 members (excludes halogenated alkanes) is 1. The molecule has 17 heteroatoms. The summed E-state index contributed by atoms with van der Waals surface area (Å²) in [5.41, 5.74) is -1.52. The van der Waals surface area contributed by atoms with E-state index in [0.29, 0.717) is 43.2 Å². The van der Waals surface area contributed by atoms with E-state index in [1.165, 1.54) is 26.7 Å². The molecule has 53 heavy (non-hydrogen) atoms. The normalized spacial score (nSPS) is 25.9. The Bertz CT molecular complexity index is 1670. The van der Waals surface area contributed by atoms with Gasteiger partial charge in [0.2, 0.25) is 17.7 Å². The number of benzene rings is 1. The number of amides is 3. The molecule has 2 fully saturated rings. The number of aliphatic hydroxyl groups is 1. The van der Waals surface area contributed by atoms with E-state index < -0.39 is 64.9 Å². The first-order chi connectivity index (χ1) is 25.2. The highest BCUT2D eigenvalue weighted by Gasteiger charge is 2.72. The molecule has 1 spiro atoms. The number of esters is 1. The Morgan fingerprint density at radius 3 is 2.58 bits per heavy atom. The van der Waals surface area contributed by atoms with Crippen molar-refractivity contribution in [3.05, 3.63) is 35.1 Å². The van der Waals surface area contributed by atoms with E-state index in [1.54, 1.807) is 6.08 Å². The van der Waals surface area contributed by atoms with Crippen LogP contribution in [0.4, 0.5) is 0 Å². The lowest BCUT2D eigenvalue weighted by atomic mass is 9.50. The van der Waals surface area contributed by atoms with Crippen LogP contribution in [0.2, 0.25) is 0 Å². The van der Waals surface area contributed by atoms with Crippen molar-refractivity contribution in [3.8, 4) is 11.5 Å². The summed E-state index contributed by atoms with van der Waals surface area (Å²) in [6.07, 6.45) is 5.96. The molecule has 7 atom stereocenters. The maximum atomic E-state index is 13.8. The molecule has 3 aliphatic carbocycles. The average molecular weight is 776 g/mol. The van der Waals surface area contributed by atoms with Gasteiger partial charge in [0.15, 0.2) is 17.6 Å². The zero-order valence-corrected chi connectivity index (χ0v) is 32.5. The van der Waals surface area contributed by atoms with Crippen LogP contribution < -0.4 is 30.3 Å². The number of hydrogen-bond acceptors (Lipinski definition) is 11. The molecule has 2 unspecified atom stereocenters. The molecule has 6 N–H and O–H groups in total. The number of carbonyl (C=O) groups is 5. The number of carboxylic acid groups (broad SMARTS) is 1. The molecule has 0 radical (unpaired) electrons. The van der Waals surface area contributed by atoms with Crippen LogP contribution in [0.3, 0.4) is 0 Å². The van der Waals surface area contributed by atoms with Gasteiger partial charge in [-0.05, 0) is 95.5 Å². The molecule has 3 amide bonds. The fourth-order valence-electron chi connectivity index (χ4n) is 8.57. The highest BCUT2D eigenvalue weighted by molar-refractivity contribution is 7.13. The minimum absolute atomic E-state index is 0.127. The first kappa shape index (κ1) is 39.3. The second-order valence-corrected chi connectivity index (χ2v) is 16.0. The predicted octanol–water partition coefficient (Wildman–Crippen LogP) is 1.37. The predicted molar refractivity (Wildman–Crippen MR) is 199 cm³/mol. The summed E-state index contributed by atoms with van der Waals surface area (Å²) in [4.78, 5) is 65.5. The molecule has 15 nitrogen and oxygen atoms in total. The minimum atomic E-state index is -1.50. The van der Waals surface area contributed by atoms with Crippen molar-refractivity contribution in [1.82, 2.24) is 25.9 Å². The summed E-state index contributed by atoms with van der Waals surface area (Å²) in [5, 5.41) is 32.1. The maximum absolute atomic E-state index is 13.8. The fourth-order valence-corrected chi connectivity index (χ4v) is 8.96. The number of nitrogens with one attached hydrogen (secondary N) is 4. The van der Waals surface area contributed by atoms with Crippen molar-refractivity contribution in [1.29, 1.82) is 0 Å². The van der Waals surface area contributed by atoms with Gasteiger partial charge in [-0.25, -0.2) is 4.79 Å². The molecule has 2 heterocycles. The quantitative estimate of drug-likeness (QED) is 0.0711. The lowest BCUT2D eigenvalue weighted by molar-refractivity contribution is -0.175. The van der Waals surface area contributed by atoms with Crippen LogP contribution in [0.15, 0.2) is 24.0 Å². The maximum Gasteiger partial charge on any atom is 0.336 e. The number of ether oxygens (including phenoxy) is 2. The van der Waals surface area contributed by atoms with Crippen molar-refractivity contribution in [2.24, 2.45) is 5.92 Å². The molecule has 2 bridgehead atoms. The van der Waals surface area contributed by atoms with Gasteiger partial charge in [-0.15, -0.1) is 0 Å².